The number of aromatic nitrogens is 7. The number of hydrogen-bond donors (Lipinski definition) is 8. The number of hydrogen-bond acceptors (Lipinski definition) is 24. The first-order valence-corrected chi connectivity index (χ1v) is 33.3. The van der Waals surface area contributed by atoms with Crippen molar-refractivity contribution in [2.75, 3.05) is 32.1 Å². The van der Waals surface area contributed by atoms with Crippen molar-refractivity contribution in [2.24, 2.45) is 11.8 Å². The summed E-state index contributed by atoms with van der Waals surface area (Å²) in [6.45, 7) is 4.59. The van der Waals surface area contributed by atoms with Crippen molar-refractivity contribution in [1.29, 1.82) is 0 Å². The molecule has 26 nitrogen and oxygen atoms in total. The number of anilines is 1. The zero-order valence-corrected chi connectivity index (χ0v) is 53.6. The van der Waals surface area contributed by atoms with Gasteiger partial charge in [0, 0.05) is 52.7 Å². The van der Waals surface area contributed by atoms with E-state index >= 15 is 0 Å². The Morgan fingerprint density at radius 3 is 2.12 bits per heavy atom. The van der Waals surface area contributed by atoms with Gasteiger partial charge in [-0.1, -0.05) is 44.2 Å². The van der Waals surface area contributed by atoms with Crippen LogP contribution in [-0.2, 0) is 35.3 Å². The molecule has 1 saturated carbocycles. The highest BCUT2D eigenvalue weighted by atomic mass is 32.1. The maximum atomic E-state index is 14.4. The highest BCUT2D eigenvalue weighted by Gasteiger charge is 2.35. The number of nitrogens with zero attached hydrogens (tertiary/aromatic N) is 8. The Hall–Kier alpha value is -8.37. The third-order valence-electron chi connectivity index (χ3n) is 14.6. The van der Waals surface area contributed by atoms with Gasteiger partial charge >= 0.3 is 18.0 Å². The van der Waals surface area contributed by atoms with Gasteiger partial charge in [-0.3, -0.25) is 38.5 Å². The topological polar surface area (TPSA) is 369 Å². The predicted octanol–water partition coefficient (Wildman–Crippen LogP) is 8.37. The SMILES string of the molecule is CNC(=O)C[C@@H]1NC(=O)c2csc(n2)-c2ccc(-c3nc(N(CCC(=O)O)C(=O)OC4CCC(C(=O)O)CC4)cs3)nc2-c2csc(n2)-c2csc(n2)[C@H]([C@@H](O)c2ccccc2)NC(=O)CNC(=O)c2nc(sc2COC)[C@H](C(C)C)NC(=O)c2nc1sc2C. The van der Waals surface area contributed by atoms with Gasteiger partial charge in [0.25, 0.3) is 17.7 Å². The van der Waals surface area contributed by atoms with Crippen LogP contribution in [0.2, 0.25) is 0 Å². The molecule has 2 aliphatic rings. The van der Waals surface area contributed by atoms with E-state index < -0.39 is 96.8 Å². The number of nitrogens with one attached hydrogen (secondary N) is 5. The number of amides is 6. The Balaban J connectivity index is 1.04. The Morgan fingerprint density at radius 1 is 0.700 bits per heavy atom. The molecule has 32 heteroatoms. The minimum Gasteiger partial charge on any atom is -0.481 e. The first-order chi connectivity index (χ1) is 43.2. The molecule has 8 heterocycles. The quantitative estimate of drug-likeness (QED) is 0.0506. The Morgan fingerprint density at radius 2 is 1.40 bits per heavy atom. The summed E-state index contributed by atoms with van der Waals surface area (Å²) in [6, 6.07) is 9.17. The number of rotatable bonds is 14. The molecule has 90 heavy (non-hydrogen) atoms. The summed E-state index contributed by atoms with van der Waals surface area (Å²) in [7, 11) is 2.91. The second-order valence-electron chi connectivity index (χ2n) is 21.1. The molecule has 6 amide bonds. The summed E-state index contributed by atoms with van der Waals surface area (Å²) < 4.78 is 11.2. The van der Waals surface area contributed by atoms with Crippen LogP contribution in [0.25, 0.3) is 43.4 Å². The summed E-state index contributed by atoms with van der Waals surface area (Å²) in [5.41, 5.74) is 2.21. The number of fused-ring (bicyclic) bond motifs is 14. The number of aryl methyl sites for hydroxylation is 1. The predicted molar refractivity (Wildman–Crippen MR) is 336 cm³/mol. The van der Waals surface area contributed by atoms with Crippen LogP contribution >= 0.6 is 68.0 Å². The van der Waals surface area contributed by atoms with Gasteiger partial charge in [-0.2, -0.15) is 0 Å². The van der Waals surface area contributed by atoms with Gasteiger partial charge < -0.3 is 51.4 Å². The molecule has 7 aromatic heterocycles. The molecule has 0 spiro atoms. The molecule has 10 rings (SSSR count). The average molecular weight is 1340 g/mol. The zero-order chi connectivity index (χ0) is 63.9. The van der Waals surface area contributed by atoms with Crippen LogP contribution in [0.1, 0.15) is 138 Å². The fourth-order valence-electron chi connectivity index (χ4n) is 9.84. The number of pyridine rings is 1. The summed E-state index contributed by atoms with van der Waals surface area (Å²) in [6.07, 6.45) is -2.14. The molecule has 8 N–H and O–H groups in total. The third-order valence-corrected chi connectivity index (χ3v) is 20.3. The monoisotopic (exact) mass is 1340 g/mol. The van der Waals surface area contributed by atoms with Gasteiger partial charge in [-0.15, -0.1) is 68.0 Å². The molecule has 4 atom stereocenters. The van der Waals surface area contributed by atoms with Crippen LogP contribution in [0.5, 0.6) is 0 Å². The summed E-state index contributed by atoms with van der Waals surface area (Å²) in [4.78, 5) is 143. The summed E-state index contributed by atoms with van der Waals surface area (Å²) in [5, 5.41) is 53.7. The number of ether oxygens (including phenoxy) is 2. The molecule has 0 unspecified atom stereocenters. The summed E-state index contributed by atoms with van der Waals surface area (Å²) in [5.74, 6) is -5.83. The van der Waals surface area contributed by atoms with Crippen LogP contribution in [0.4, 0.5) is 10.6 Å². The molecule has 10 bridgehead atoms. The van der Waals surface area contributed by atoms with Crippen LogP contribution in [-0.4, -0.2) is 131 Å². The number of aliphatic hydroxyl groups excluding tert-OH is 1. The average Bonchev–Trinajstić information content (AvgIpc) is 1.73. The van der Waals surface area contributed by atoms with Gasteiger partial charge in [0.2, 0.25) is 11.8 Å². The van der Waals surface area contributed by atoms with Crippen molar-refractivity contribution in [3.05, 3.63) is 111 Å². The standard InChI is InChI=1S/C58H59N13O13S6/c1-26(2)42-56-70-45(37(90-56)21-83-5)49(78)60-20-40(73)67-46(47(76)28-9-7-6-8-10-28)55-65-36(24-87-55)53-63-34(22-86-53)44-31(51-64-35(23-85-51)48(77)62-33(19-39(72)59-4)54-69-43(27(3)89-54)50(79)68-42)15-16-32(61-44)52-66-38(25-88-52)71(18-17-41(74)75)58(82)84-30-13-11-29(12-14-30)57(80)81/h6-10,15-16,22-26,29-30,33,42,46-47,76H,11-14,17-21H2,1-5H3,(H,59,72)(H,60,78)(H,62,77)(H,67,73)(H,68,79)(H,74,75)(H,80,81)/t29?,30?,33-,42-,46-,47-/m0/s1. The van der Waals surface area contributed by atoms with Gasteiger partial charge in [0.1, 0.15) is 88.3 Å². The van der Waals surface area contributed by atoms with E-state index in [9.17, 15) is 53.7 Å². The zero-order valence-electron chi connectivity index (χ0n) is 48.7. The van der Waals surface area contributed by atoms with Crippen LogP contribution in [0.15, 0.2) is 64.0 Å². The number of benzene rings is 1. The lowest BCUT2D eigenvalue weighted by Crippen LogP contribution is -2.40. The molecule has 1 aliphatic heterocycles. The fourth-order valence-corrected chi connectivity index (χ4v) is 15.4. The molecule has 8 aromatic rings. The van der Waals surface area contributed by atoms with E-state index in [2.05, 4.69) is 36.6 Å². The van der Waals surface area contributed by atoms with E-state index in [0.29, 0.717) is 88.7 Å². The Labute approximate surface area is 537 Å². The van der Waals surface area contributed by atoms with Crippen LogP contribution in [0.3, 0.4) is 0 Å². The second-order valence-corrected chi connectivity index (χ2v) is 27.0. The lowest BCUT2D eigenvalue weighted by atomic mass is 9.87. The molecular formula is C58H59N13O13S6. The Bertz CT molecular complexity index is 3980. The van der Waals surface area contributed by atoms with Crippen LogP contribution < -0.4 is 31.5 Å². The number of aliphatic carboxylic acids is 2. The maximum absolute atomic E-state index is 14.4. The molecule has 1 aliphatic carbocycles. The number of carbonyl (C=O) groups is 8. The molecule has 0 saturated heterocycles. The van der Waals surface area contributed by atoms with E-state index in [0.717, 1.165) is 61.6 Å². The first-order valence-electron chi connectivity index (χ1n) is 28.1. The molecule has 470 valence electrons. The smallest absolute Gasteiger partial charge is 0.415 e. The number of aliphatic hydroxyl groups is 1. The number of carboxylic acid groups (broad SMARTS) is 2. The Kier molecular flexibility index (Phi) is 20.6. The highest BCUT2D eigenvalue weighted by Crippen LogP contribution is 2.41. The highest BCUT2D eigenvalue weighted by molar-refractivity contribution is 7.15. The molecule has 1 fully saturated rings. The number of thiazole rings is 6. The molecule has 1 aromatic carbocycles. The van der Waals surface area contributed by atoms with Crippen molar-refractivity contribution >= 4 is 121 Å². The second kappa shape index (κ2) is 28.6. The van der Waals surface area contributed by atoms with E-state index in [1.165, 1.54) is 25.5 Å². The largest absolute Gasteiger partial charge is 0.481 e. The third kappa shape index (κ3) is 14.9. The lowest BCUT2D eigenvalue weighted by molar-refractivity contribution is -0.143. The minimum atomic E-state index is -1.31. The lowest BCUT2D eigenvalue weighted by Gasteiger charge is -2.28. The van der Waals surface area contributed by atoms with Crippen molar-refractivity contribution in [1.82, 2.24) is 61.5 Å². The number of carbonyl (C=O) groups excluding carboxylic acids is 6. The van der Waals surface area contributed by atoms with E-state index in [1.807, 2.05) is 13.8 Å². The van der Waals surface area contributed by atoms with Crippen molar-refractivity contribution in [2.45, 2.75) is 96.2 Å². The van der Waals surface area contributed by atoms with E-state index in [1.54, 1.807) is 70.9 Å². The minimum absolute atomic E-state index is 0.0161. The number of methoxy groups -OCH3 is 1. The van der Waals surface area contributed by atoms with Gasteiger partial charge in [-0.25, -0.2) is 39.7 Å². The normalized spacial score (nSPS) is 18.5. The van der Waals surface area contributed by atoms with Gasteiger partial charge in [0.15, 0.2) is 0 Å². The van der Waals surface area contributed by atoms with Crippen molar-refractivity contribution < 1.29 is 63.1 Å². The molecular weight excluding hydrogens is 1280 g/mol. The van der Waals surface area contributed by atoms with Gasteiger partial charge in [-0.05, 0) is 56.2 Å². The van der Waals surface area contributed by atoms with Crippen molar-refractivity contribution in [3.8, 4) is 43.4 Å². The van der Waals surface area contributed by atoms with Crippen molar-refractivity contribution in [3.63, 3.8) is 0 Å². The molecule has 0 radical (unpaired) electrons. The van der Waals surface area contributed by atoms with E-state index in [4.69, 9.17) is 34.4 Å². The number of carboxylic acids is 2. The first kappa shape index (κ1) is 64.6. The summed E-state index contributed by atoms with van der Waals surface area (Å²) >= 11 is 6.90. The van der Waals surface area contributed by atoms with Gasteiger partial charge in [0.05, 0.1) is 54.6 Å². The van der Waals surface area contributed by atoms with E-state index in [-0.39, 0.29) is 59.1 Å². The van der Waals surface area contributed by atoms with Crippen LogP contribution in [0, 0.1) is 18.8 Å². The fraction of sp³-hybridized carbons (Fsp3) is 0.362. The maximum Gasteiger partial charge on any atom is 0.415 e.